The number of nitrogens with zero attached hydrogens (tertiary/aromatic N) is 1. The van der Waals surface area contributed by atoms with Gasteiger partial charge in [0.15, 0.2) is 6.29 Å². The number of carbonyl (C=O) groups excluding carboxylic acids is 1. The molecule has 0 fully saturated rings. The minimum atomic E-state index is 0.615. The van der Waals surface area contributed by atoms with Gasteiger partial charge in [-0.3, -0.25) is 4.79 Å². The average Bonchev–Trinajstić information content (AvgIpc) is 2.86. The summed E-state index contributed by atoms with van der Waals surface area (Å²) in [5, 5.41) is 1.94. The van der Waals surface area contributed by atoms with Crippen LogP contribution in [0.5, 0.6) is 5.88 Å². The van der Waals surface area contributed by atoms with Crippen molar-refractivity contribution in [1.82, 2.24) is 4.37 Å². The first-order valence-electron chi connectivity index (χ1n) is 3.88. The van der Waals surface area contributed by atoms with Crippen molar-refractivity contribution in [2.75, 3.05) is 7.11 Å². The largest absolute Gasteiger partial charge is 0.480 e. The first kappa shape index (κ1) is 9.36. The van der Waals surface area contributed by atoms with Crippen LogP contribution in [-0.2, 0) is 0 Å². The molecule has 72 valence electrons. The van der Waals surface area contributed by atoms with E-state index in [0.717, 1.165) is 21.6 Å². The highest BCUT2D eigenvalue weighted by Gasteiger charge is 2.06. The van der Waals surface area contributed by atoms with E-state index in [2.05, 4.69) is 4.37 Å². The van der Waals surface area contributed by atoms with Crippen LogP contribution < -0.4 is 4.74 Å². The van der Waals surface area contributed by atoms with Crippen molar-refractivity contribution in [2.24, 2.45) is 0 Å². The van der Waals surface area contributed by atoms with Gasteiger partial charge in [0.05, 0.1) is 16.9 Å². The molecule has 2 heterocycles. The highest BCUT2D eigenvalue weighted by atomic mass is 32.1. The second kappa shape index (κ2) is 3.89. The Morgan fingerprint density at radius 3 is 2.93 bits per heavy atom. The van der Waals surface area contributed by atoms with E-state index in [0.29, 0.717) is 5.88 Å². The molecule has 0 unspecified atom stereocenters. The van der Waals surface area contributed by atoms with Crippen molar-refractivity contribution in [1.29, 1.82) is 0 Å². The summed E-state index contributed by atoms with van der Waals surface area (Å²) in [6, 6.07) is 3.71. The first-order chi connectivity index (χ1) is 6.83. The zero-order chi connectivity index (χ0) is 9.97. The molecular formula is C9H7NO2S2. The fourth-order valence-electron chi connectivity index (χ4n) is 1.04. The van der Waals surface area contributed by atoms with Gasteiger partial charge < -0.3 is 4.74 Å². The van der Waals surface area contributed by atoms with E-state index in [4.69, 9.17) is 4.74 Å². The van der Waals surface area contributed by atoms with Gasteiger partial charge in [-0.25, -0.2) is 0 Å². The topological polar surface area (TPSA) is 39.2 Å². The third-order valence-electron chi connectivity index (χ3n) is 1.72. The maximum Gasteiger partial charge on any atom is 0.225 e. The van der Waals surface area contributed by atoms with Gasteiger partial charge in [-0.15, -0.1) is 11.3 Å². The quantitative estimate of drug-likeness (QED) is 0.754. The molecule has 0 saturated carbocycles. The molecule has 2 aromatic heterocycles. The number of methoxy groups -OCH3 is 1. The lowest BCUT2D eigenvalue weighted by Crippen LogP contribution is -1.78. The fraction of sp³-hybridized carbons (Fsp3) is 0.111. The minimum Gasteiger partial charge on any atom is -0.480 e. The molecule has 0 aliphatic carbocycles. The number of ether oxygens (including phenoxy) is 1. The Kier molecular flexibility index (Phi) is 2.60. The Labute approximate surface area is 89.1 Å². The predicted molar refractivity (Wildman–Crippen MR) is 57.4 cm³/mol. The number of hydrogen-bond donors (Lipinski definition) is 0. The number of carbonyl (C=O) groups is 1. The van der Waals surface area contributed by atoms with Crippen molar-refractivity contribution in [3.8, 4) is 16.3 Å². The molecule has 0 atom stereocenters. The zero-order valence-electron chi connectivity index (χ0n) is 7.39. The van der Waals surface area contributed by atoms with Crippen LogP contribution in [0.15, 0.2) is 17.5 Å². The van der Waals surface area contributed by atoms with Crippen LogP contribution >= 0.6 is 22.9 Å². The molecule has 5 heteroatoms. The van der Waals surface area contributed by atoms with Crippen LogP contribution in [0.2, 0.25) is 0 Å². The molecule has 14 heavy (non-hydrogen) atoms. The van der Waals surface area contributed by atoms with Gasteiger partial charge in [0.2, 0.25) is 5.88 Å². The van der Waals surface area contributed by atoms with Gasteiger partial charge in [0, 0.05) is 17.0 Å². The van der Waals surface area contributed by atoms with Crippen molar-refractivity contribution >= 4 is 29.2 Å². The van der Waals surface area contributed by atoms with Crippen LogP contribution in [0.25, 0.3) is 10.4 Å². The summed E-state index contributed by atoms with van der Waals surface area (Å²) in [5.74, 6) is 0.615. The van der Waals surface area contributed by atoms with E-state index < -0.39 is 0 Å². The van der Waals surface area contributed by atoms with E-state index in [9.17, 15) is 4.79 Å². The Balaban J connectivity index is 2.33. The SMILES string of the molecule is COc1cc(-c2csc(C=O)c2)sn1. The molecule has 0 aromatic carbocycles. The number of aldehydes is 1. The molecule has 2 rings (SSSR count). The molecule has 0 bridgehead atoms. The minimum absolute atomic E-state index is 0.615. The van der Waals surface area contributed by atoms with E-state index in [1.165, 1.54) is 22.9 Å². The van der Waals surface area contributed by atoms with Crippen LogP contribution in [0, 0.1) is 0 Å². The maximum absolute atomic E-state index is 10.5. The Bertz CT molecular complexity index is 447. The number of rotatable bonds is 3. The highest BCUT2D eigenvalue weighted by molar-refractivity contribution is 7.13. The molecule has 3 nitrogen and oxygen atoms in total. The molecule has 0 spiro atoms. The zero-order valence-corrected chi connectivity index (χ0v) is 9.02. The van der Waals surface area contributed by atoms with E-state index in [-0.39, 0.29) is 0 Å². The van der Waals surface area contributed by atoms with Gasteiger partial charge in [-0.05, 0) is 17.6 Å². The van der Waals surface area contributed by atoms with Crippen molar-refractivity contribution < 1.29 is 9.53 Å². The van der Waals surface area contributed by atoms with Crippen LogP contribution in [0.3, 0.4) is 0 Å². The van der Waals surface area contributed by atoms with Crippen LogP contribution in [0.1, 0.15) is 9.67 Å². The molecule has 2 aromatic rings. The average molecular weight is 225 g/mol. The summed E-state index contributed by atoms with van der Waals surface area (Å²) in [5.41, 5.74) is 1.03. The molecule has 0 aliphatic rings. The lowest BCUT2D eigenvalue weighted by molar-refractivity contribution is 0.112. The second-order valence-electron chi connectivity index (χ2n) is 2.59. The van der Waals surface area contributed by atoms with Crippen LogP contribution in [-0.4, -0.2) is 17.8 Å². The van der Waals surface area contributed by atoms with E-state index in [1.807, 2.05) is 17.5 Å². The lowest BCUT2D eigenvalue weighted by atomic mass is 10.3. The molecule has 0 amide bonds. The van der Waals surface area contributed by atoms with Gasteiger partial charge in [0.1, 0.15) is 0 Å². The molecule has 0 N–H and O–H groups in total. The van der Waals surface area contributed by atoms with Gasteiger partial charge >= 0.3 is 0 Å². The molecule has 0 saturated heterocycles. The highest BCUT2D eigenvalue weighted by Crippen LogP contribution is 2.30. The van der Waals surface area contributed by atoms with Gasteiger partial charge in [-0.2, -0.15) is 4.37 Å². The maximum atomic E-state index is 10.5. The fourth-order valence-corrected chi connectivity index (χ4v) is 2.51. The summed E-state index contributed by atoms with van der Waals surface area (Å²) in [4.78, 5) is 12.2. The van der Waals surface area contributed by atoms with Gasteiger partial charge in [0.25, 0.3) is 0 Å². The van der Waals surface area contributed by atoms with Gasteiger partial charge in [-0.1, -0.05) is 0 Å². The first-order valence-corrected chi connectivity index (χ1v) is 5.53. The standard InChI is InChI=1S/C9H7NO2S2/c1-12-9-3-8(14-10-9)6-2-7(4-11)13-5-6/h2-5H,1H3. The summed E-state index contributed by atoms with van der Waals surface area (Å²) in [7, 11) is 1.59. The normalized spacial score (nSPS) is 10.1. The lowest BCUT2D eigenvalue weighted by Gasteiger charge is -1.87. The van der Waals surface area contributed by atoms with Crippen molar-refractivity contribution in [2.45, 2.75) is 0 Å². The molecular weight excluding hydrogens is 218 g/mol. The third-order valence-corrected chi connectivity index (χ3v) is 3.40. The number of hydrogen-bond acceptors (Lipinski definition) is 5. The number of thiophene rings is 1. The Morgan fingerprint density at radius 2 is 2.36 bits per heavy atom. The van der Waals surface area contributed by atoms with Crippen molar-refractivity contribution in [3.05, 3.63) is 22.4 Å². The summed E-state index contributed by atoms with van der Waals surface area (Å²) in [6.45, 7) is 0. The number of aromatic nitrogens is 1. The predicted octanol–water partition coefficient (Wildman–Crippen LogP) is 2.69. The molecule has 0 radical (unpaired) electrons. The summed E-state index contributed by atoms with van der Waals surface area (Å²) in [6.07, 6.45) is 0.854. The smallest absolute Gasteiger partial charge is 0.225 e. The van der Waals surface area contributed by atoms with Crippen LogP contribution in [0.4, 0.5) is 0 Å². The van der Waals surface area contributed by atoms with E-state index in [1.54, 1.807) is 7.11 Å². The Morgan fingerprint density at radius 1 is 1.50 bits per heavy atom. The second-order valence-corrected chi connectivity index (χ2v) is 4.34. The summed E-state index contributed by atoms with van der Waals surface area (Å²) >= 11 is 2.80. The molecule has 0 aliphatic heterocycles. The summed E-state index contributed by atoms with van der Waals surface area (Å²) < 4.78 is 9.06. The monoisotopic (exact) mass is 225 g/mol. The third kappa shape index (κ3) is 1.69. The van der Waals surface area contributed by atoms with E-state index >= 15 is 0 Å². The Hall–Kier alpha value is -1.20. The van der Waals surface area contributed by atoms with Crippen molar-refractivity contribution in [3.63, 3.8) is 0 Å².